The van der Waals surface area contributed by atoms with Gasteiger partial charge in [0.25, 0.3) is 0 Å². The maximum atomic E-state index is 11.7. The van der Waals surface area contributed by atoms with Crippen molar-refractivity contribution in [3.63, 3.8) is 0 Å². The number of nitrogens with zero attached hydrogens (tertiary/aromatic N) is 4. The number of primary amides is 1. The predicted octanol–water partition coefficient (Wildman–Crippen LogP) is 1.96. The summed E-state index contributed by atoms with van der Waals surface area (Å²) in [5.41, 5.74) is 22.6. The number of thiocarbonyl (C=S) groups is 4. The molecule has 0 saturated heterocycles. The third-order valence-electron chi connectivity index (χ3n) is 6.80. The minimum Gasteiger partial charge on any atom is -0.366 e. The minimum absolute atomic E-state index is 0.295. The highest BCUT2D eigenvalue weighted by Gasteiger charge is 2.17. The summed E-state index contributed by atoms with van der Waals surface area (Å²) in [5.74, 6) is -0.539. The zero-order valence-corrected chi connectivity index (χ0v) is 31.6. The third kappa shape index (κ3) is 13.1. The van der Waals surface area contributed by atoms with Gasteiger partial charge in [0.2, 0.25) is 5.91 Å². The molecule has 0 unspecified atom stereocenters. The monoisotopic (exact) mass is 761 g/mol. The molecule has 0 radical (unpaired) electrons. The van der Waals surface area contributed by atoms with Crippen molar-refractivity contribution in [3.05, 3.63) is 107 Å². The number of carbonyl (C=O) groups is 1. The van der Waals surface area contributed by atoms with Gasteiger partial charge >= 0.3 is 0 Å². The highest BCUT2D eigenvalue weighted by molar-refractivity contribution is 7.80. The molecule has 3 rings (SSSR count). The van der Waals surface area contributed by atoms with Crippen molar-refractivity contribution in [2.75, 3.05) is 27.7 Å². The van der Waals surface area contributed by atoms with Gasteiger partial charge in [0, 0.05) is 49.9 Å². The van der Waals surface area contributed by atoms with Gasteiger partial charge in [-0.25, -0.2) is 0 Å². The molecule has 0 aliphatic rings. The molecule has 0 aliphatic heterocycles. The van der Waals surface area contributed by atoms with Crippen molar-refractivity contribution in [1.82, 2.24) is 43.0 Å². The third-order valence-corrected chi connectivity index (χ3v) is 7.92. The molecule has 3 aromatic rings. The molecule has 0 aliphatic carbocycles. The SMILES string of the molecule is CNC(=S)N/N=C(C)/C(=N/NC(=S)NC)c1ccc(CCNC(=S)N/N=C(/C(=N/NC(=S)NC)c2ccccc2)c2ccc(C(N)=O)cc2)cc1. The van der Waals surface area contributed by atoms with Crippen molar-refractivity contribution in [1.29, 1.82) is 0 Å². The van der Waals surface area contributed by atoms with Crippen LogP contribution in [0.3, 0.4) is 0 Å². The average Bonchev–Trinajstić information content (AvgIpc) is 3.15. The highest BCUT2D eigenvalue weighted by Crippen LogP contribution is 2.12. The van der Waals surface area contributed by atoms with Crippen LogP contribution < -0.4 is 48.7 Å². The summed E-state index contributed by atoms with van der Waals surface area (Å²) >= 11 is 21.1. The maximum absolute atomic E-state index is 11.7. The molecule has 0 fully saturated rings. The molecule has 51 heavy (non-hydrogen) atoms. The Bertz CT molecular complexity index is 1830. The van der Waals surface area contributed by atoms with Gasteiger partial charge in [-0.05, 0) is 79.9 Å². The van der Waals surface area contributed by atoms with E-state index in [1.165, 1.54) is 0 Å². The van der Waals surface area contributed by atoms with Crippen LogP contribution in [-0.4, -0.2) is 76.9 Å². The molecule has 0 bridgehead atoms. The van der Waals surface area contributed by atoms with E-state index in [0.29, 0.717) is 67.4 Å². The summed E-state index contributed by atoms with van der Waals surface area (Å²) in [5, 5.41) is 31.0. The van der Waals surface area contributed by atoms with E-state index in [-0.39, 0.29) is 0 Å². The largest absolute Gasteiger partial charge is 0.366 e. The number of carbonyl (C=O) groups excluding carboxylic acids is 1. The van der Waals surface area contributed by atoms with Crippen LogP contribution in [0.25, 0.3) is 0 Å². The van der Waals surface area contributed by atoms with Crippen LogP contribution in [0.15, 0.2) is 99.3 Å². The van der Waals surface area contributed by atoms with Gasteiger partial charge < -0.3 is 27.0 Å². The Hall–Kier alpha value is -5.43. The van der Waals surface area contributed by atoms with E-state index in [4.69, 9.17) is 54.6 Å². The van der Waals surface area contributed by atoms with Crippen LogP contribution in [0.1, 0.15) is 39.5 Å². The van der Waals surface area contributed by atoms with Crippen LogP contribution in [0.4, 0.5) is 0 Å². The second-order valence-corrected chi connectivity index (χ2v) is 11.9. The minimum atomic E-state index is -0.539. The molecule has 18 heteroatoms. The quantitative estimate of drug-likeness (QED) is 0.0700. The van der Waals surface area contributed by atoms with Gasteiger partial charge in [-0.15, -0.1) is 0 Å². The van der Waals surface area contributed by atoms with Crippen molar-refractivity contribution < 1.29 is 4.79 Å². The Morgan fingerprint density at radius 3 is 1.49 bits per heavy atom. The molecular weight excluding hydrogens is 723 g/mol. The Labute approximate surface area is 318 Å². The summed E-state index contributed by atoms with van der Waals surface area (Å²) in [4.78, 5) is 11.7. The molecule has 0 atom stereocenters. The average molecular weight is 762 g/mol. The molecule has 266 valence electrons. The van der Waals surface area contributed by atoms with E-state index in [1.807, 2.05) is 61.5 Å². The second-order valence-electron chi connectivity index (χ2n) is 10.3. The smallest absolute Gasteiger partial charge is 0.248 e. The summed E-state index contributed by atoms with van der Waals surface area (Å²) in [6, 6.07) is 24.1. The zero-order valence-electron chi connectivity index (χ0n) is 28.3. The van der Waals surface area contributed by atoms with Crippen molar-refractivity contribution in [2.24, 2.45) is 26.1 Å². The molecule has 3 aromatic carbocycles. The molecule has 14 nitrogen and oxygen atoms in total. The van der Waals surface area contributed by atoms with E-state index in [0.717, 1.165) is 16.7 Å². The number of hydrogen-bond acceptors (Lipinski definition) is 9. The number of hydrazone groups is 4. The van der Waals surface area contributed by atoms with E-state index < -0.39 is 5.91 Å². The number of nitrogens with two attached hydrogens (primary N) is 1. The Kier molecular flexibility index (Phi) is 16.4. The van der Waals surface area contributed by atoms with E-state index >= 15 is 0 Å². The fourth-order valence-corrected chi connectivity index (χ4v) is 4.40. The van der Waals surface area contributed by atoms with Gasteiger partial charge in [-0.1, -0.05) is 66.7 Å². The zero-order chi connectivity index (χ0) is 37.2. The van der Waals surface area contributed by atoms with Crippen molar-refractivity contribution in [2.45, 2.75) is 13.3 Å². The van der Waals surface area contributed by atoms with Crippen LogP contribution in [0.2, 0.25) is 0 Å². The summed E-state index contributed by atoms with van der Waals surface area (Å²) in [6.45, 7) is 2.33. The fraction of sp³-hybridized carbons (Fsp3) is 0.182. The molecule has 0 aromatic heterocycles. The first-order valence-electron chi connectivity index (χ1n) is 15.4. The Morgan fingerprint density at radius 2 is 0.980 bits per heavy atom. The van der Waals surface area contributed by atoms with Crippen molar-refractivity contribution >= 4 is 98.1 Å². The maximum Gasteiger partial charge on any atom is 0.248 e. The van der Waals surface area contributed by atoms with Crippen molar-refractivity contribution in [3.8, 4) is 0 Å². The number of hydrogen-bond donors (Lipinski definition) is 9. The lowest BCUT2D eigenvalue weighted by Crippen LogP contribution is -2.36. The van der Waals surface area contributed by atoms with Gasteiger partial charge in [-0.3, -0.25) is 26.5 Å². The summed E-state index contributed by atoms with van der Waals surface area (Å²) in [7, 11) is 5.10. The number of rotatable bonds is 13. The van der Waals surface area contributed by atoms with Gasteiger partial charge in [0.05, 0.1) is 5.71 Å². The summed E-state index contributed by atoms with van der Waals surface area (Å²) in [6.07, 6.45) is 0.662. The van der Waals surface area contributed by atoms with E-state index in [9.17, 15) is 4.79 Å². The molecule has 0 spiro atoms. The van der Waals surface area contributed by atoms with Gasteiger partial charge in [0.15, 0.2) is 20.4 Å². The van der Waals surface area contributed by atoms with Crippen LogP contribution in [0, 0.1) is 0 Å². The number of benzene rings is 3. The molecule has 1 amide bonds. The van der Waals surface area contributed by atoms with Gasteiger partial charge in [0.1, 0.15) is 17.1 Å². The van der Waals surface area contributed by atoms with Crippen LogP contribution in [-0.2, 0) is 6.42 Å². The first-order chi connectivity index (χ1) is 24.6. The topological polar surface area (TPSA) is 189 Å². The number of amides is 1. The van der Waals surface area contributed by atoms with Gasteiger partial charge in [-0.2, -0.15) is 20.4 Å². The fourth-order valence-electron chi connectivity index (χ4n) is 4.12. The van der Waals surface area contributed by atoms with Crippen LogP contribution in [0.5, 0.6) is 0 Å². The lowest BCUT2D eigenvalue weighted by molar-refractivity contribution is 0.100. The lowest BCUT2D eigenvalue weighted by atomic mass is 9.99. The molecular formula is C33H39N13OS4. The normalized spacial score (nSPS) is 11.8. The standard InChI is InChI=1S/C33H39N13OS4/c1-20(39-43-30(48)35-2)26(40-44-31(49)36-3)23-12-10-21(11-13-23)18-19-38-33(51)46-42-28(24-14-16-25(17-15-24)29(34)47)27(41-45-32(50)37-4)22-8-6-5-7-9-22/h5-17H,18-19H2,1-4H3,(H2,34,47)(H2,35,43,48)(H2,36,44,49)(H2,37,45,50)(H2,38,46,51)/b39-20+,40-26-,41-27+,42-28+. The first kappa shape index (κ1) is 40.0. The highest BCUT2D eigenvalue weighted by atomic mass is 32.1. The Morgan fingerprint density at radius 1 is 0.569 bits per heavy atom. The molecule has 0 saturated carbocycles. The molecule has 0 heterocycles. The lowest BCUT2D eigenvalue weighted by Gasteiger charge is -2.14. The Balaban J connectivity index is 1.78. The first-order valence-corrected chi connectivity index (χ1v) is 17.0. The molecule has 10 N–H and O–H groups in total. The summed E-state index contributed by atoms with van der Waals surface area (Å²) < 4.78 is 0. The predicted molar refractivity (Wildman–Crippen MR) is 222 cm³/mol. The second kappa shape index (κ2) is 20.9. The van der Waals surface area contributed by atoms with Crippen LogP contribution >= 0.6 is 48.9 Å². The van der Waals surface area contributed by atoms with E-state index in [1.54, 1.807) is 45.4 Å². The van der Waals surface area contributed by atoms with E-state index in [2.05, 4.69) is 63.4 Å². The number of nitrogens with one attached hydrogen (secondary N) is 8.